The van der Waals surface area contributed by atoms with E-state index in [1.165, 1.54) is 12.1 Å². The highest BCUT2D eigenvalue weighted by atomic mass is 32.2. The van der Waals surface area contributed by atoms with E-state index in [-0.39, 0.29) is 23.1 Å². The van der Waals surface area contributed by atoms with Crippen molar-refractivity contribution >= 4 is 16.0 Å². The Balaban J connectivity index is 1.74. The molecule has 0 unspecified atom stereocenters. The van der Waals surface area contributed by atoms with Gasteiger partial charge in [0.05, 0.1) is 10.5 Å². The van der Waals surface area contributed by atoms with Gasteiger partial charge in [0.2, 0.25) is 10.0 Å². The third-order valence-corrected chi connectivity index (χ3v) is 5.53. The lowest BCUT2D eigenvalue weighted by Crippen LogP contribution is -2.26. The number of nitrogens with one attached hydrogen (secondary N) is 1. The minimum Gasteiger partial charge on any atom is -0.454 e. The summed E-state index contributed by atoms with van der Waals surface area (Å²) in [6.07, 6.45) is 2.53. The number of aromatic nitrogens is 4. The van der Waals surface area contributed by atoms with Gasteiger partial charge in [-0.3, -0.25) is 0 Å². The Hall–Kier alpha value is -2.33. The number of rotatable bonds is 8. The second kappa shape index (κ2) is 7.50. The summed E-state index contributed by atoms with van der Waals surface area (Å²) in [5.74, 6) is -0.172. The van der Waals surface area contributed by atoms with Crippen LogP contribution in [0.5, 0.6) is 0 Å². The smallest absolute Gasteiger partial charge is 0.338 e. The maximum atomic E-state index is 12.4. The average Bonchev–Trinajstić information content (AvgIpc) is 3.29. The summed E-state index contributed by atoms with van der Waals surface area (Å²) in [4.78, 5) is 12.5. The molecule has 0 bridgehead atoms. The third kappa shape index (κ3) is 4.25. The number of aryl methyl sites for hydroxylation is 2. The first kappa shape index (κ1) is 18.5. The normalized spacial score (nSPS) is 14.4. The molecule has 1 aromatic carbocycles. The van der Waals surface area contributed by atoms with Crippen molar-refractivity contribution in [1.29, 1.82) is 0 Å². The van der Waals surface area contributed by atoms with E-state index in [4.69, 9.17) is 4.74 Å². The lowest BCUT2D eigenvalue weighted by atomic mass is 10.1. The van der Waals surface area contributed by atoms with Gasteiger partial charge in [0.25, 0.3) is 0 Å². The maximum Gasteiger partial charge on any atom is 0.338 e. The van der Waals surface area contributed by atoms with Gasteiger partial charge in [0.15, 0.2) is 12.4 Å². The Morgan fingerprint density at radius 1 is 1.38 bits per heavy atom. The molecule has 1 aliphatic carbocycles. The molecule has 10 heteroatoms. The van der Waals surface area contributed by atoms with E-state index in [2.05, 4.69) is 20.2 Å². The number of tetrazole rings is 1. The number of nitrogens with zero attached hydrogens (tertiary/aromatic N) is 4. The van der Waals surface area contributed by atoms with E-state index in [1.54, 1.807) is 17.7 Å². The highest BCUT2D eigenvalue weighted by molar-refractivity contribution is 7.89. The van der Waals surface area contributed by atoms with E-state index in [0.29, 0.717) is 17.9 Å². The first-order valence-corrected chi connectivity index (χ1v) is 9.94. The van der Waals surface area contributed by atoms with Crippen LogP contribution in [0, 0.1) is 6.92 Å². The molecule has 0 radical (unpaired) electrons. The fourth-order valence-corrected chi connectivity index (χ4v) is 3.73. The van der Waals surface area contributed by atoms with Crippen molar-refractivity contribution < 1.29 is 17.9 Å². The van der Waals surface area contributed by atoms with Crippen LogP contribution in [0.2, 0.25) is 0 Å². The molecule has 1 fully saturated rings. The van der Waals surface area contributed by atoms with E-state index >= 15 is 0 Å². The number of benzene rings is 1. The Labute approximate surface area is 151 Å². The Morgan fingerprint density at radius 2 is 2.15 bits per heavy atom. The molecule has 0 saturated heterocycles. The minimum absolute atomic E-state index is 0.00543. The van der Waals surface area contributed by atoms with Crippen LogP contribution in [0.25, 0.3) is 0 Å². The fraction of sp³-hybridized carbons (Fsp3) is 0.500. The summed E-state index contributed by atoms with van der Waals surface area (Å²) in [5.41, 5.74) is 0.840. The number of ether oxygens (including phenoxy) is 1. The monoisotopic (exact) mass is 379 g/mol. The quantitative estimate of drug-likeness (QED) is 0.685. The van der Waals surface area contributed by atoms with Gasteiger partial charge in [-0.1, -0.05) is 13.0 Å². The second-order valence-corrected chi connectivity index (χ2v) is 7.98. The topological polar surface area (TPSA) is 116 Å². The number of carbonyl (C=O) groups excluding carboxylic acids is 1. The van der Waals surface area contributed by atoms with Crippen molar-refractivity contribution in [2.75, 3.05) is 0 Å². The Morgan fingerprint density at radius 3 is 2.85 bits per heavy atom. The molecular formula is C16H21N5O4S. The highest BCUT2D eigenvalue weighted by Gasteiger charge is 2.28. The second-order valence-electron chi connectivity index (χ2n) is 6.27. The molecular weight excluding hydrogens is 358 g/mol. The van der Waals surface area contributed by atoms with Gasteiger partial charge >= 0.3 is 5.97 Å². The fourth-order valence-electron chi connectivity index (χ4n) is 2.40. The molecule has 2 aromatic rings. The number of hydrogen-bond acceptors (Lipinski definition) is 7. The molecule has 3 rings (SSSR count). The van der Waals surface area contributed by atoms with Crippen LogP contribution in [0.4, 0.5) is 0 Å². The first-order valence-electron chi connectivity index (χ1n) is 8.46. The zero-order valence-electron chi connectivity index (χ0n) is 14.7. The molecule has 0 atom stereocenters. The lowest BCUT2D eigenvalue weighted by Gasteiger charge is -2.10. The molecule has 0 aliphatic heterocycles. The largest absolute Gasteiger partial charge is 0.454 e. The molecule has 1 heterocycles. The van der Waals surface area contributed by atoms with Crippen LogP contribution in [-0.2, 0) is 27.9 Å². The van der Waals surface area contributed by atoms with Gasteiger partial charge in [-0.05, 0) is 54.3 Å². The molecule has 9 nitrogen and oxygen atoms in total. The average molecular weight is 379 g/mol. The number of hydrogen-bond donors (Lipinski definition) is 1. The molecule has 0 spiro atoms. The summed E-state index contributed by atoms with van der Waals surface area (Å²) in [7, 11) is -3.64. The van der Waals surface area contributed by atoms with Crippen LogP contribution >= 0.6 is 0 Å². The highest BCUT2D eigenvalue weighted by Crippen LogP contribution is 2.23. The van der Waals surface area contributed by atoms with Gasteiger partial charge < -0.3 is 4.74 Å². The van der Waals surface area contributed by atoms with Crippen LogP contribution < -0.4 is 4.72 Å². The standard InChI is InChI=1S/C16H21N5O4S/c1-3-8-21-15(17-19-20-21)10-25-16(22)14-9-13(7-4-11(14)2)26(23,24)18-12-5-6-12/h4,7,9,12,18H,3,5-6,8,10H2,1-2H3. The minimum atomic E-state index is -3.64. The molecule has 140 valence electrons. The Bertz CT molecular complexity index is 905. The summed E-state index contributed by atoms with van der Waals surface area (Å²) in [6, 6.07) is 4.42. The number of esters is 1. The van der Waals surface area contributed by atoms with E-state index in [0.717, 1.165) is 19.3 Å². The van der Waals surface area contributed by atoms with Crippen LogP contribution in [0.1, 0.15) is 47.9 Å². The summed E-state index contributed by atoms with van der Waals surface area (Å²) >= 11 is 0. The van der Waals surface area contributed by atoms with Gasteiger partial charge in [-0.25, -0.2) is 22.6 Å². The molecule has 0 amide bonds. The Kier molecular flexibility index (Phi) is 5.33. The molecule has 26 heavy (non-hydrogen) atoms. The van der Waals surface area contributed by atoms with Gasteiger partial charge in [-0.15, -0.1) is 5.10 Å². The van der Waals surface area contributed by atoms with Crippen molar-refractivity contribution in [2.45, 2.75) is 57.2 Å². The summed E-state index contributed by atoms with van der Waals surface area (Å²) in [5, 5.41) is 11.2. The lowest BCUT2D eigenvalue weighted by molar-refractivity contribution is 0.0455. The zero-order valence-corrected chi connectivity index (χ0v) is 15.5. The predicted molar refractivity (Wildman–Crippen MR) is 91.8 cm³/mol. The van der Waals surface area contributed by atoms with E-state index < -0.39 is 16.0 Å². The molecule has 1 N–H and O–H groups in total. The molecule has 1 aromatic heterocycles. The number of carbonyl (C=O) groups is 1. The molecule has 1 saturated carbocycles. The SMILES string of the molecule is CCCn1nnnc1COC(=O)c1cc(S(=O)(=O)NC2CC2)ccc1C. The van der Waals surface area contributed by atoms with Gasteiger partial charge in [0.1, 0.15) is 0 Å². The predicted octanol–water partition coefficient (Wildman–Crippen LogP) is 1.19. The van der Waals surface area contributed by atoms with E-state index in [1.807, 2.05) is 6.92 Å². The van der Waals surface area contributed by atoms with Gasteiger partial charge in [-0.2, -0.15) is 0 Å². The van der Waals surface area contributed by atoms with Crippen molar-refractivity contribution in [1.82, 2.24) is 24.9 Å². The first-order chi connectivity index (χ1) is 12.4. The number of sulfonamides is 1. The van der Waals surface area contributed by atoms with Crippen LogP contribution in [0.15, 0.2) is 23.1 Å². The van der Waals surface area contributed by atoms with Crippen LogP contribution in [0.3, 0.4) is 0 Å². The summed E-state index contributed by atoms with van der Waals surface area (Å²) in [6.45, 7) is 4.26. The van der Waals surface area contributed by atoms with Crippen molar-refractivity contribution in [3.8, 4) is 0 Å². The van der Waals surface area contributed by atoms with Crippen molar-refractivity contribution in [3.63, 3.8) is 0 Å². The maximum absolute atomic E-state index is 12.4. The van der Waals surface area contributed by atoms with E-state index in [9.17, 15) is 13.2 Å². The van der Waals surface area contributed by atoms with Crippen molar-refractivity contribution in [3.05, 3.63) is 35.2 Å². The van der Waals surface area contributed by atoms with Gasteiger partial charge in [0, 0.05) is 12.6 Å². The van der Waals surface area contributed by atoms with Crippen LogP contribution in [-0.4, -0.2) is 40.6 Å². The third-order valence-electron chi connectivity index (χ3n) is 4.01. The zero-order chi connectivity index (χ0) is 18.7. The molecule has 1 aliphatic rings. The van der Waals surface area contributed by atoms with Crippen molar-refractivity contribution in [2.24, 2.45) is 0 Å². The summed E-state index contributed by atoms with van der Waals surface area (Å²) < 4.78 is 34.1.